The second-order valence-corrected chi connectivity index (χ2v) is 5.93. The lowest BCUT2D eigenvalue weighted by atomic mass is 9.96. The lowest BCUT2D eigenvalue weighted by Crippen LogP contribution is -2.16. The number of nitrogens with two attached hydrogens (primary N) is 1. The largest absolute Gasteiger partial charge is 0.364 e. The number of hydrogen-bond donors (Lipinski definition) is 2. The molecule has 3 N–H and O–H groups in total. The number of carbonyl (C=O) groups excluding carboxylic acids is 1. The molecule has 0 spiro atoms. The number of primary amides is 1. The van der Waals surface area contributed by atoms with Crippen LogP contribution in [0.2, 0.25) is 0 Å². The highest BCUT2D eigenvalue weighted by Gasteiger charge is 2.26. The van der Waals surface area contributed by atoms with E-state index in [0.717, 1.165) is 33.5 Å². The zero-order chi connectivity index (χ0) is 17.7. The maximum absolute atomic E-state index is 12.0. The number of pyridine rings is 1. The lowest BCUT2D eigenvalue weighted by molar-refractivity contribution is 0.0995. The Bertz CT molecular complexity index is 1210. The molecule has 1 aromatic carbocycles. The first-order chi connectivity index (χ1) is 12.7. The van der Waals surface area contributed by atoms with Crippen molar-refractivity contribution >= 4 is 28.3 Å². The van der Waals surface area contributed by atoms with Crippen molar-refractivity contribution in [2.75, 3.05) is 0 Å². The molecule has 0 aliphatic carbocycles. The van der Waals surface area contributed by atoms with Crippen LogP contribution in [0.5, 0.6) is 0 Å². The van der Waals surface area contributed by atoms with E-state index in [-0.39, 0.29) is 5.69 Å². The Morgan fingerprint density at radius 2 is 1.81 bits per heavy atom. The van der Waals surface area contributed by atoms with Crippen molar-refractivity contribution in [2.45, 2.75) is 0 Å². The summed E-state index contributed by atoms with van der Waals surface area (Å²) in [6, 6.07) is 11.4. The van der Waals surface area contributed by atoms with Gasteiger partial charge in [0.05, 0.1) is 11.4 Å². The molecule has 1 aliphatic heterocycles. The molecule has 124 valence electrons. The van der Waals surface area contributed by atoms with Gasteiger partial charge in [0.2, 0.25) is 0 Å². The molecule has 4 aromatic rings. The van der Waals surface area contributed by atoms with Gasteiger partial charge in [-0.1, -0.05) is 18.2 Å². The molecule has 0 unspecified atom stereocenters. The zero-order valence-corrected chi connectivity index (χ0v) is 13.5. The second kappa shape index (κ2) is 5.32. The van der Waals surface area contributed by atoms with Crippen molar-refractivity contribution < 1.29 is 4.79 Å². The smallest absolute Gasteiger partial charge is 0.269 e. The minimum atomic E-state index is -0.622. The van der Waals surface area contributed by atoms with Gasteiger partial charge in [-0.05, 0) is 18.2 Å². The summed E-state index contributed by atoms with van der Waals surface area (Å²) >= 11 is 0. The van der Waals surface area contributed by atoms with Crippen molar-refractivity contribution in [1.82, 2.24) is 20.2 Å². The van der Waals surface area contributed by atoms with E-state index in [9.17, 15) is 4.79 Å². The van der Waals surface area contributed by atoms with Crippen LogP contribution in [0.4, 0.5) is 5.69 Å². The average molecular weight is 340 g/mol. The molecule has 0 saturated heterocycles. The normalized spacial score (nSPS) is 12.4. The number of amides is 1. The van der Waals surface area contributed by atoms with Gasteiger partial charge in [-0.2, -0.15) is 0 Å². The van der Waals surface area contributed by atoms with Gasteiger partial charge < -0.3 is 10.7 Å². The van der Waals surface area contributed by atoms with Crippen molar-refractivity contribution in [1.29, 1.82) is 0 Å². The van der Waals surface area contributed by atoms with E-state index in [1.807, 2.05) is 42.6 Å². The van der Waals surface area contributed by atoms with Gasteiger partial charge in [0.1, 0.15) is 0 Å². The summed E-state index contributed by atoms with van der Waals surface area (Å²) in [5.74, 6) is -0.622. The first-order valence-corrected chi connectivity index (χ1v) is 8.00. The third kappa shape index (κ3) is 1.97. The maximum Gasteiger partial charge on any atom is 0.269 e. The number of nitrogens with one attached hydrogen (secondary N) is 1. The van der Waals surface area contributed by atoms with Crippen LogP contribution in [0.3, 0.4) is 0 Å². The van der Waals surface area contributed by atoms with Gasteiger partial charge in [-0.25, -0.2) is 4.99 Å². The molecule has 0 bridgehead atoms. The number of aromatic amines is 1. The summed E-state index contributed by atoms with van der Waals surface area (Å²) in [6.45, 7) is 0. The van der Waals surface area contributed by atoms with Crippen LogP contribution in [0.1, 0.15) is 21.6 Å². The van der Waals surface area contributed by atoms with Crippen LogP contribution in [0, 0.1) is 0 Å². The fourth-order valence-electron chi connectivity index (χ4n) is 3.33. The Morgan fingerprint density at radius 3 is 2.62 bits per heavy atom. The first-order valence-electron chi connectivity index (χ1n) is 8.00. The molecular weight excluding hydrogens is 328 g/mol. The van der Waals surface area contributed by atoms with E-state index in [0.29, 0.717) is 11.2 Å². The van der Waals surface area contributed by atoms with Crippen molar-refractivity contribution in [2.24, 2.45) is 10.7 Å². The quantitative estimate of drug-likeness (QED) is 0.514. The average Bonchev–Trinajstić information content (AvgIpc) is 3.03. The van der Waals surface area contributed by atoms with E-state index in [4.69, 9.17) is 10.7 Å². The number of benzene rings is 1. The Labute approximate surface area is 147 Å². The van der Waals surface area contributed by atoms with E-state index in [1.54, 1.807) is 12.4 Å². The lowest BCUT2D eigenvalue weighted by Gasteiger charge is -2.08. The van der Waals surface area contributed by atoms with Gasteiger partial charge in [-0.15, -0.1) is 10.2 Å². The van der Waals surface area contributed by atoms with Crippen molar-refractivity contribution in [3.8, 4) is 11.1 Å². The molecule has 0 atom stereocenters. The third-order valence-corrected chi connectivity index (χ3v) is 4.44. The summed E-state index contributed by atoms with van der Waals surface area (Å²) in [6.07, 6.45) is 5.27. The Balaban J connectivity index is 1.97. The SMILES string of the molecule is NC(=O)c1nnc2[nH]cc3c2c1-c1ccccc1N=C3c1ccncc1. The monoisotopic (exact) mass is 340 g/mol. The predicted molar refractivity (Wildman–Crippen MR) is 97.4 cm³/mol. The van der Waals surface area contributed by atoms with Crippen LogP contribution >= 0.6 is 0 Å². The van der Waals surface area contributed by atoms with E-state index in [1.165, 1.54) is 0 Å². The van der Waals surface area contributed by atoms with Crippen LogP contribution in [-0.2, 0) is 0 Å². The molecule has 5 rings (SSSR count). The van der Waals surface area contributed by atoms with Crippen molar-refractivity contribution in [3.63, 3.8) is 0 Å². The minimum Gasteiger partial charge on any atom is -0.364 e. The molecule has 0 saturated carbocycles. The number of fused-ring (bicyclic) bond motifs is 2. The Morgan fingerprint density at radius 1 is 1.00 bits per heavy atom. The maximum atomic E-state index is 12.0. The fraction of sp³-hybridized carbons (Fsp3) is 0. The molecule has 26 heavy (non-hydrogen) atoms. The number of H-pyrrole nitrogens is 1. The standard InChI is InChI=1S/C19H12N6O/c20-18(26)17-14-11-3-1-2-4-13(11)23-16(10-5-7-21-8-6-10)12-9-22-19(15(12)14)25-24-17/h1-9H,(H2,20,26)(H,22,25). The summed E-state index contributed by atoms with van der Waals surface area (Å²) in [5.41, 5.74) is 11.0. The molecule has 7 nitrogen and oxygen atoms in total. The van der Waals surface area contributed by atoms with E-state index < -0.39 is 5.91 Å². The van der Waals surface area contributed by atoms with Crippen LogP contribution in [0.25, 0.3) is 22.2 Å². The van der Waals surface area contributed by atoms with Gasteiger partial charge >= 0.3 is 0 Å². The Kier molecular flexibility index (Phi) is 2.96. The molecule has 0 radical (unpaired) electrons. The number of aliphatic imine (C=N–C) groups is 1. The number of hydrogen-bond acceptors (Lipinski definition) is 5. The highest BCUT2D eigenvalue weighted by atomic mass is 16.1. The summed E-state index contributed by atoms with van der Waals surface area (Å²) in [4.78, 5) is 24.1. The first kappa shape index (κ1) is 14.5. The highest BCUT2D eigenvalue weighted by Crippen LogP contribution is 2.41. The molecular formula is C19H12N6O. The summed E-state index contributed by atoms with van der Waals surface area (Å²) < 4.78 is 0. The minimum absolute atomic E-state index is 0.136. The highest BCUT2D eigenvalue weighted by molar-refractivity contribution is 6.25. The molecule has 3 aromatic heterocycles. The fourth-order valence-corrected chi connectivity index (χ4v) is 3.33. The van der Waals surface area contributed by atoms with Gasteiger partial charge in [0.15, 0.2) is 11.3 Å². The van der Waals surface area contributed by atoms with Gasteiger partial charge in [0.25, 0.3) is 5.91 Å². The topological polar surface area (TPSA) is 110 Å². The molecule has 7 heteroatoms. The van der Waals surface area contributed by atoms with Crippen LogP contribution in [-0.4, -0.2) is 31.8 Å². The molecule has 4 heterocycles. The van der Waals surface area contributed by atoms with Gasteiger partial charge in [0, 0.05) is 46.2 Å². The molecule has 0 fully saturated rings. The molecule has 1 amide bonds. The van der Waals surface area contributed by atoms with Crippen molar-refractivity contribution in [3.05, 3.63) is 71.8 Å². The van der Waals surface area contributed by atoms with Crippen LogP contribution in [0.15, 0.2) is 60.0 Å². The van der Waals surface area contributed by atoms with E-state index >= 15 is 0 Å². The number of para-hydroxylation sites is 1. The van der Waals surface area contributed by atoms with E-state index in [2.05, 4.69) is 20.2 Å². The Hall–Kier alpha value is -3.87. The van der Waals surface area contributed by atoms with Gasteiger partial charge in [-0.3, -0.25) is 9.78 Å². The molecule has 1 aliphatic rings. The zero-order valence-electron chi connectivity index (χ0n) is 13.5. The van der Waals surface area contributed by atoms with Crippen LogP contribution < -0.4 is 5.73 Å². The number of aromatic nitrogens is 4. The number of rotatable bonds is 2. The number of nitrogens with zero attached hydrogens (tertiary/aromatic N) is 4. The predicted octanol–water partition coefficient (Wildman–Crippen LogP) is 2.60. The third-order valence-electron chi connectivity index (χ3n) is 4.44. The summed E-state index contributed by atoms with van der Waals surface area (Å²) in [5, 5.41) is 8.97. The summed E-state index contributed by atoms with van der Waals surface area (Å²) in [7, 11) is 0. The number of carbonyl (C=O) groups is 1. The second-order valence-electron chi connectivity index (χ2n) is 5.93.